The first kappa shape index (κ1) is 14.3. The van der Waals surface area contributed by atoms with Crippen molar-refractivity contribution in [2.75, 3.05) is 19.7 Å². The summed E-state index contributed by atoms with van der Waals surface area (Å²) in [5, 5.41) is 8.86. The molecule has 100 valence electrons. The average molecular weight is 359 g/mol. The fourth-order valence-electron chi connectivity index (χ4n) is 2.66. The van der Waals surface area contributed by atoms with Gasteiger partial charge in [-0.15, -0.1) is 0 Å². The lowest BCUT2D eigenvalue weighted by Gasteiger charge is -2.32. The van der Waals surface area contributed by atoms with Crippen molar-refractivity contribution >= 4 is 22.6 Å². The largest absolute Gasteiger partial charge is 0.396 e. The number of benzene rings is 1. The third kappa shape index (κ3) is 4.52. The summed E-state index contributed by atoms with van der Waals surface area (Å²) in [5.74, 6) is 0.838. The van der Waals surface area contributed by atoms with Gasteiger partial charge in [0.2, 0.25) is 0 Å². The molecule has 0 aliphatic carbocycles. The van der Waals surface area contributed by atoms with Gasteiger partial charge in [0.25, 0.3) is 0 Å². The highest BCUT2D eigenvalue weighted by molar-refractivity contribution is 14.1. The van der Waals surface area contributed by atoms with E-state index in [0.717, 1.165) is 18.9 Å². The van der Waals surface area contributed by atoms with Gasteiger partial charge in [-0.05, 0) is 85.0 Å². The van der Waals surface area contributed by atoms with Crippen molar-refractivity contribution < 1.29 is 5.11 Å². The average Bonchev–Trinajstić information content (AvgIpc) is 2.41. The predicted molar refractivity (Wildman–Crippen MR) is 83.5 cm³/mol. The van der Waals surface area contributed by atoms with E-state index in [9.17, 15) is 0 Å². The lowest BCUT2D eigenvalue weighted by Crippen LogP contribution is -2.33. The molecule has 1 N–H and O–H groups in total. The number of nitrogens with zero attached hydrogens (tertiary/aromatic N) is 1. The minimum atomic E-state index is 0.350. The molecule has 1 aromatic carbocycles. The van der Waals surface area contributed by atoms with Crippen LogP contribution in [0, 0.1) is 9.49 Å². The fraction of sp³-hybridized carbons (Fsp3) is 0.600. The highest BCUT2D eigenvalue weighted by atomic mass is 127. The maximum atomic E-state index is 8.86. The van der Waals surface area contributed by atoms with Gasteiger partial charge in [-0.25, -0.2) is 0 Å². The maximum Gasteiger partial charge on any atom is 0.0431 e. The van der Waals surface area contributed by atoms with Crippen molar-refractivity contribution in [3.05, 3.63) is 33.4 Å². The number of aliphatic hydroxyl groups excluding tert-OH is 1. The second-order valence-corrected chi connectivity index (χ2v) is 6.46. The SMILES string of the molecule is OCCCC1CCN(Cc2ccc(I)cc2)CC1. The number of rotatable bonds is 5. The zero-order chi connectivity index (χ0) is 12.8. The molecule has 0 saturated carbocycles. The molecule has 1 aliphatic rings. The van der Waals surface area contributed by atoms with Gasteiger partial charge >= 0.3 is 0 Å². The summed E-state index contributed by atoms with van der Waals surface area (Å²) in [6.07, 6.45) is 4.77. The molecule has 1 aliphatic heterocycles. The molecule has 1 fully saturated rings. The minimum absolute atomic E-state index is 0.350. The summed E-state index contributed by atoms with van der Waals surface area (Å²) in [6, 6.07) is 8.84. The molecule has 1 heterocycles. The molecule has 0 bridgehead atoms. The summed E-state index contributed by atoms with van der Waals surface area (Å²) in [4.78, 5) is 2.55. The van der Waals surface area contributed by atoms with Crippen LogP contribution in [-0.2, 0) is 6.54 Å². The Hall–Kier alpha value is -0.130. The summed E-state index contributed by atoms with van der Waals surface area (Å²) in [7, 11) is 0. The summed E-state index contributed by atoms with van der Waals surface area (Å²) in [5.41, 5.74) is 1.42. The maximum absolute atomic E-state index is 8.86. The molecule has 0 amide bonds. The molecular formula is C15H22INO. The highest BCUT2D eigenvalue weighted by Crippen LogP contribution is 2.23. The molecule has 1 saturated heterocycles. The van der Waals surface area contributed by atoms with Gasteiger partial charge in [0.15, 0.2) is 0 Å². The van der Waals surface area contributed by atoms with Gasteiger partial charge in [0.05, 0.1) is 0 Å². The van der Waals surface area contributed by atoms with Crippen LogP contribution in [-0.4, -0.2) is 29.7 Å². The van der Waals surface area contributed by atoms with Gasteiger partial charge in [0.1, 0.15) is 0 Å². The minimum Gasteiger partial charge on any atom is -0.396 e. The van der Waals surface area contributed by atoms with Crippen LogP contribution in [0.25, 0.3) is 0 Å². The molecule has 3 heteroatoms. The van der Waals surface area contributed by atoms with Crippen molar-refractivity contribution in [1.29, 1.82) is 0 Å². The normalized spacial score (nSPS) is 18.1. The van der Waals surface area contributed by atoms with E-state index in [0.29, 0.717) is 6.61 Å². The van der Waals surface area contributed by atoms with Crippen molar-refractivity contribution in [2.45, 2.75) is 32.2 Å². The number of likely N-dealkylation sites (tertiary alicyclic amines) is 1. The molecule has 2 rings (SSSR count). The molecule has 2 nitrogen and oxygen atoms in total. The van der Waals surface area contributed by atoms with Crippen molar-refractivity contribution in [3.8, 4) is 0 Å². The van der Waals surface area contributed by atoms with E-state index in [1.807, 2.05) is 0 Å². The van der Waals surface area contributed by atoms with Crippen LogP contribution in [0.2, 0.25) is 0 Å². The van der Waals surface area contributed by atoms with E-state index in [4.69, 9.17) is 5.11 Å². The van der Waals surface area contributed by atoms with Gasteiger partial charge < -0.3 is 5.11 Å². The van der Waals surface area contributed by atoms with E-state index in [1.165, 1.54) is 41.5 Å². The quantitative estimate of drug-likeness (QED) is 0.816. The lowest BCUT2D eigenvalue weighted by molar-refractivity contribution is 0.164. The van der Waals surface area contributed by atoms with Crippen LogP contribution in [0.5, 0.6) is 0 Å². The molecular weight excluding hydrogens is 337 g/mol. The van der Waals surface area contributed by atoms with E-state index in [2.05, 4.69) is 51.8 Å². The molecule has 0 atom stereocenters. The standard InChI is InChI=1S/C15H22INO/c16-15-5-3-14(4-6-15)12-17-9-7-13(8-10-17)2-1-11-18/h3-6,13,18H,1-2,7-12H2. The van der Waals surface area contributed by atoms with E-state index >= 15 is 0 Å². The topological polar surface area (TPSA) is 23.5 Å². The smallest absolute Gasteiger partial charge is 0.0431 e. The van der Waals surface area contributed by atoms with Gasteiger partial charge in [-0.3, -0.25) is 4.90 Å². The Morgan fingerprint density at radius 3 is 2.44 bits per heavy atom. The Kier molecular flexibility index (Phi) is 5.92. The molecule has 0 unspecified atom stereocenters. The van der Waals surface area contributed by atoms with Crippen molar-refractivity contribution in [1.82, 2.24) is 4.90 Å². The Morgan fingerprint density at radius 2 is 1.83 bits per heavy atom. The van der Waals surface area contributed by atoms with Gasteiger partial charge in [0, 0.05) is 16.7 Å². The van der Waals surface area contributed by atoms with Gasteiger partial charge in [-0.1, -0.05) is 12.1 Å². The monoisotopic (exact) mass is 359 g/mol. The zero-order valence-corrected chi connectivity index (χ0v) is 13.0. The number of hydrogen-bond acceptors (Lipinski definition) is 2. The number of aliphatic hydroxyl groups is 1. The van der Waals surface area contributed by atoms with Crippen molar-refractivity contribution in [3.63, 3.8) is 0 Å². The highest BCUT2D eigenvalue weighted by Gasteiger charge is 2.18. The molecule has 0 aromatic heterocycles. The Balaban J connectivity index is 1.74. The first-order valence-electron chi connectivity index (χ1n) is 6.85. The van der Waals surface area contributed by atoms with Crippen LogP contribution >= 0.6 is 22.6 Å². The second-order valence-electron chi connectivity index (χ2n) is 5.21. The molecule has 0 radical (unpaired) electrons. The Labute approximate surface area is 124 Å². The summed E-state index contributed by atoms with van der Waals surface area (Å²) < 4.78 is 1.30. The fourth-order valence-corrected chi connectivity index (χ4v) is 3.02. The van der Waals surface area contributed by atoms with Crippen LogP contribution in [0.1, 0.15) is 31.2 Å². The first-order chi connectivity index (χ1) is 8.78. The molecule has 1 aromatic rings. The zero-order valence-electron chi connectivity index (χ0n) is 10.8. The van der Waals surface area contributed by atoms with Gasteiger partial charge in [-0.2, -0.15) is 0 Å². The third-order valence-corrected chi connectivity index (χ3v) is 4.52. The Morgan fingerprint density at radius 1 is 1.17 bits per heavy atom. The Bertz CT molecular complexity index is 344. The second kappa shape index (κ2) is 7.46. The number of piperidine rings is 1. The predicted octanol–water partition coefficient (Wildman–Crippen LogP) is 3.28. The first-order valence-corrected chi connectivity index (χ1v) is 7.93. The van der Waals surface area contributed by atoms with Crippen LogP contribution in [0.15, 0.2) is 24.3 Å². The van der Waals surface area contributed by atoms with Crippen LogP contribution in [0.4, 0.5) is 0 Å². The lowest BCUT2D eigenvalue weighted by atomic mass is 9.92. The number of hydrogen-bond donors (Lipinski definition) is 1. The summed E-state index contributed by atoms with van der Waals surface area (Å²) >= 11 is 2.35. The summed E-state index contributed by atoms with van der Waals surface area (Å²) in [6.45, 7) is 3.86. The van der Waals surface area contributed by atoms with Crippen molar-refractivity contribution in [2.24, 2.45) is 5.92 Å². The van der Waals surface area contributed by atoms with E-state index in [-0.39, 0.29) is 0 Å². The third-order valence-electron chi connectivity index (χ3n) is 3.80. The molecule has 18 heavy (non-hydrogen) atoms. The van der Waals surface area contributed by atoms with E-state index in [1.54, 1.807) is 0 Å². The van der Waals surface area contributed by atoms with Crippen LogP contribution in [0.3, 0.4) is 0 Å². The number of halogens is 1. The van der Waals surface area contributed by atoms with Crippen LogP contribution < -0.4 is 0 Å². The molecule has 0 spiro atoms. The van der Waals surface area contributed by atoms with E-state index < -0.39 is 0 Å².